The maximum atomic E-state index is 11.9. The van der Waals surface area contributed by atoms with Crippen LogP contribution in [0.2, 0.25) is 0 Å². The summed E-state index contributed by atoms with van der Waals surface area (Å²) >= 11 is 0. The average Bonchev–Trinajstić information content (AvgIpc) is 2.59. The zero-order valence-corrected chi connectivity index (χ0v) is 14.3. The lowest BCUT2D eigenvalue weighted by molar-refractivity contribution is -0.159. The first-order valence-corrected chi connectivity index (χ1v) is 8.52. The predicted molar refractivity (Wildman–Crippen MR) is 90.2 cm³/mol. The Morgan fingerprint density at radius 3 is 2.30 bits per heavy atom. The van der Waals surface area contributed by atoms with Crippen molar-refractivity contribution in [1.29, 1.82) is 0 Å². The molecule has 4 heteroatoms. The molecule has 0 fully saturated rings. The molecule has 0 aromatic heterocycles. The Bertz CT molecular complexity index is 456. The molecular formula is C19H28O4. The highest BCUT2D eigenvalue weighted by molar-refractivity contribution is 5.80. The van der Waals surface area contributed by atoms with E-state index in [2.05, 4.69) is 6.92 Å². The molecule has 0 saturated heterocycles. The number of ether oxygens (including phenoxy) is 2. The summed E-state index contributed by atoms with van der Waals surface area (Å²) in [5.41, 5.74) is 0.873. The third-order valence-electron chi connectivity index (χ3n) is 3.75. The van der Waals surface area contributed by atoms with Crippen LogP contribution in [0.1, 0.15) is 63.9 Å². The van der Waals surface area contributed by atoms with Crippen molar-refractivity contribution < 1.29 is 19.1 Å². The smallest absolute Gasteiger partial charge is 0.344 e. The normalized spacial score (nSPS) is 11.7. The lowest BCUT2D eigenvalue weighted by atomic mass is 10.0. The van der Waals surface area contributed by atoms with E-state index in [-0.39, 0.29) is 12.5 Å². The Kier molecular flexibility index (Phi) is 9.76. The number of rotatable bonds is 11. The van der Waals surface area contributed by atoms with Gasteiger partial charge in [0.05, 0.1) is 12.5 Å². The van der Waals surface area contributed by atoms with E-state index in [1.807, 2.05) is 30.3 Å². The van der Waals surface area contributed by atoms with Crippen LogP contribution in [0.5, 0.6) is 0 Å². The molecule has 0 spiro atoms. The lowest BCUT2D eigenvalue weighted by Crippen LogP contribution is -2.20. The minimum atomic E-state index is -0.479. The zero-order chi connectivity index (χ0) is 16.9. The highest BCUT2D eigenvalue weighted by atomic mass is 16.6. The molecule has 1 aromatic carbocycles. The summed E-state index contributed by atoms with van der Waals surface area (Å²) < 4.78 is 10.1. The van der Waals surface area contributed by atoms with Gasteiger partial charge in [-0.25, -0.2) is 4.79 Å². The number of carbonyl (C=O) groups is 2. The molecule has 1 rings (SSSR count). The summed E-state index contributed by atoms with van der Waals surface area (Å²) in [5, 5.41) is 0. The largest absolute Gasteiger partial charge is 0.463 e. The molecule has 0 aliphatic carbocycles. The van der Waals surface area contributed by atoms with Crippen LogP contribution in [-0.2, 0) is 19.1 Å². The topological polar surface area (TPSA) is 52.6 Å². The summed E-state index contributed by atoms with van der Waals surface area (Å²) in [6, 6.07) is 9.36. The maximum absolute atomic E-state index is 11.9. The van der Waals surface area contributed by atoms with Crippen molar-refractivity contribution in [1.82, 2.24) is 0 Å². The number of unbranched alkanes of at least 4 members (excludes halogenated alkanes) is 5. The molecular weight excluding hydrogens is 292 g/mol. The second-order valence-corrected chi connectivity index (χ2v) is 5.73. The van der Waals surface area contributed by atoms with Gasteiger partial charge in [0.15, 0.2) is 6.61 Å². The van der Waals surface area contributed by atoms with E-state index in [1.165, 1.54) is 25.7 Å². The van der Waals surface area contributed by atoms with Gasteiger partial charge in [0.25, 0.3) is 0 Å². The first-order chi connectivity index (χ1) is 11.1. The number of hydrogen-bond donors (Lipinski definition) is 0. The van der Waals surface area contributed by atoms with Crippen LogP contribution in [0, 0.1) is 0 Å². The van der Waals surface area contributed by atoms with Gasteiger partial charge in [-0.15, -0.1) is 0 Å². The van der Waals surface area contributed by atoms with Crippen LogP contribution in [0.25, 0.3) is 0 Å². The Labute approximate surface area is 139 Å². The van der Waals surface area contributed by atoms with Gasteiger partial charge in [-0.3, -0.25) is 4.79 Å². The molecule has 0 amide bonds. The quantitative estimate of drug-likeness (QED) is 0.452. The standard InChI is InChI=1S/C19H28O4/c1-3-4-5-6-7-11-14-22-18(20)15-23-19(21)16(2)17-12-9-8-10-13-17/h8-10,12-13,16H,3-7,11,14-15H2,1-2H3. The third-order valence-corrected chi connectivity index (χ3v) is 3.75. The molecule has 0 N–H and O–H groups in total. The number of hydrogen-bond acceptors (Lipinski definition) is 4. The minimum absolute atomic E-state index is 0.314. The summed E-state index contributed by atoms with van der Waals surface area (Å²) in [6.45, 7) is 4.03. The highest BCUT2D eigenvalue weighted by Crippen LogP contribution is 2.16. The molecule has 0 radical (unpaired) electrons. The van der Waals surface area contributed by atoms with E-state index in [9.17, 15) is 9.59 Å². The van der Waals surface area contributed by atoms with E-state index in [4.69, 9.17) is 9.47 Å². The molecule has 128 valence electrons. The molecule has 1 atom stereocenters. The van der Waals surface area contributed by atoms with Crippen molar-refractivity contribution in [3.8, 4) is 0 Å². The highest BCUT2D eigenvalue weighted by Gasteiger charge is 2.17. The second kappa shape index (κ2) is 11.7. The van der Waals surface area contributed by atoms with Gasteiger partial charge in [0.2, 0.25) is 0 Å². The van der Waals surface area contributed by atoms with Crippen molar-refractivity contribution in [2.45, 2.75) is 58.3 Å². The molecule has 0 saturated carbocycles. The zero-order valence-electron chi connectivity index (χ0n) is 14.3. The molecule has 0 aliphatic heterocycles. The Hall–Kier alpha value is -1.84. The number of esters is 2. The van der Waals surface area contributed by atoms with Gasteiger partial charge in [-0.1, -0.05) is 69.4 Å². The van der Waals surface area contributed by atoms with E-state index in [0.29, 0.717) is 6.61 Å². The average molecular weight is 320 g/mol. The fraction of sp³-hybridized carbons (Fsp3) is 0.579. The van der Waals surface area contributed by atoms with E-state index < -0.39 is 11.9 Å². The molecule has 23 heavy (non-hydrogen) atoms. The summed E-state index contributed by atoms with van der Waals surface area (Å²) in [4.78, 5) is 23.4. The van der Waals surface area contributed by atoms with Crippen LogP contribution in [0.4, 0.5) is 0 Å². The lowest BCUT2D eigenvalue weighted by Gasteiger charge is -2.11. The first-order valence-electron chi connectivity index (χ1n) is 8.52. The number of carbonyl (C=O) groups excluding carboxylic acids is 2. The molecule has 0 aliphatic rings. The van der Waals surface area contributed by atoms with Crippen molar-refractivity contribution in [3.05, 3.63) is 35.9 Å². The summed E-state index contributed by atoms with van der Waals surface area (Å²) in [7, 11) is 0. The first kappa shape index (κ1) is 19.2. The Morgan fingerprint density at radius 1 is 0.957 bits per heavy atom. The molecule has 1 unspecified atom stereocenters. The molecule has 0 bridgehead atoms. The minimum Gasteiger partial charge on any atom is -0.463 e. The van der Waals surface area contributed by atoms with Crippen LogP contribution < -0.4 is 0 Å². The SMILES string of the molecule is CCCCCCCCOC(=O)COC(=O)C(C)c1ccccc1. The van der Waals surface area contributed by atoms with Gasteiger partial charge in [-0.05, 0) is 18.9 Å². The van der Waals surface area contributed by atoms with Crippen molar-refractivity contribution in [2.24, 2.45) is 0 Å². The van der Waals surface area contributed by atoms with Crippen molar-refractivity contribution in [2.75, 3.05) is 13.2 Å². The molecule has 0 heterocycles. The van der Waals surface area contributed by atoms with Crippen molar-refractivity contribution in [3.63, 3.8) is 0 Å². The summed E-state index contributed by atoms with van der Waals surface area (Å²) in [6.07, 6.45) is 6.83. The molecule has 1 aromatic rings. The van der Waals surface area contributed by atoms with Gasteiger partial charge in [0.1, 0.15) is 0 Å². The van der Waals surface area contributed by atoms with Crippen LogP contribution in [0.15, 0.2) is 30.3 Å². The van der Waals surface area contributed by atoms with Crippen molar-refractivity contribution >= 4 is 11.9 Å². The number of benzene rings is 1. The molecule has 4 nitrogen and oxygen atoms in total. The Balaban J connectivity index is 2.12. The van der Waals surface area contributed by atoms with E-state index in [0.717, 1.165) is 18.4 Å². The van der Waals surface area contributed by atoms with E-state index in [1.54, 1.807) is 6.92 Å². The van der Waals surface area contributed by atoms with Crippen LogP contribution in [0.3, 0.4) is 0 Å². The van der Waals surface area contributed by atoms with Gasteiger partial charge in [-0.2, -0.15) is 0 Å². The maximum Gasteiger partial charge on any atom is 0.344 e. The predicted octanol–water partition coefficient (Wildman–Crippen LogP) is 4.24. The third kappa shape index (κ3) is 8.38. The van der Waals surface area contributed by atoms with Gasteiger partial charge < -0.3 is 9.47 Å². The monoisotopic (exact) mass is 320 g/mol. The van der Waals surface area contributed by atoms with Gasteiger partial charge in [0, 0.05) is 0 Å². The van der Waals surface area contributed by atoms with Crippen LogP contribution in [-0.4, -0.2) is 25.2 Å². The fourth-order valence-electron chi connectivity index (χ4n) is 2.24. The second-order valence-electron chi connectivity index (χ2n) is 5.73. The summed E-state index contributed by atoms with van der Waals surface area (Å²) in [5.74, 6) is -1.28. The van der Waals surface area contributed by atoms with Gasteiger partial charge >= 0.3 is 11.9 Å². The van der Waals surface area contributed by atoms with E-state index >= 15 is 0 Å². The Morgan fingerprint density at radius 2 is 1.61 bits per heavy atom. The van der Waals surface area contributed by atoms with Crippen LogP contribution >= 0.6 is 0 Å². The fourth-order valence-corrected chi connectivity index (χ4v) is 2.24.